The molecule has 24 heavy (non-hydrogen) atoms. The number of furan rings is 1. The first kappa shape index (κ1) is 15.5. The first-order valence-corrected chi connectivity index (χ1v) is 7.15. The van der Waals surface area contributed by atoms with Crippen molar-refractivity contribution in [3.05, 3.63) is 84.1 Å². The minimum atomic E-state index is -0.539. The highest BCUT2D eigenvalue weighted by Gasteiger charge is 2.16. The molecular weight excluding hydrogens is 311 g/mol. The Bertz CT molecular complexity index is 875. The lowest BCUT2D eigenvalue weighted by Gasteiger charge is -2.11. The van der Waals surface area contributed by atoms with Crippen LogP contribution in [0.1, 0.15) is 20.9 Å². The number of anilines is 2. The normalized spacial score (nSPS) is 10.2. The Hall–Kier alpha value is -3.41. The lowest BCUT2D eigenvalue weighted by molar-refractivity contribution is 0.0996. The van der Waals surface area contributed by atoms with E-state index < -0.39 is 17.6 Å². The van der Waals surface area contributed by atoms with E-state index in [1.165, 1.54) is 36.6 Å². The van der Waals surface area contributed by atoms with Crippen molar-refractivity contribution in [3.8, 4) is 0 Å². The van der Waals surface area contributed by atoms with E-state index in [9.17, 15) is 14.0 Å². The molecule has 1 aromatic heterocycles. The minimum Gasteiger partial charge on any atom is -0.459 e. The van der Waals surface area contributed by atoms with Crippen LogP contribution in [0.25, 0.3) is 0 Å². The maximum atomic E-state index is 13.7. The van der Waals surface area contributed by atoms with Crippen molar-refractivity contribution in [1.82, 2.24) is 0 Å². The van der Waals surface area contributed by atoms with Gasteiger partial charge in [-0.05, 0) is 36.4 Å². The van der Waals surface area contributed by atoms with Crippen LogP contribution in [0.4, 0.5) is 15.8 Å². The Morgan fingerprint density at radius 3 is 2.17 bits per heavy atom. The molecule has 0 radical (unpaired) electrons. The van der Waals surface area contributed by atoms with Gasteiger partial charge in [-0.15, -0.1) is 0 Å². The number of benzene rings is 2. The average molecular weight is 324 g/mol. The summed E-state index contributed by atoms with van der Waals surface area (Å²) in [5.74, 6) is -1.43. The van der Waals surface area contributed by atoms with Gasteiger partial charge in [0.15, 0.2) is 5.76 Å². The molecule has 2 amide bonds. The smallest absolute Gasteiger partial charge is 0.291 e. The second kappa shape index (κ2) is 6.78. The van der Waals surface area contributed by atoms with Crippen molar-refractivity contribution in [1.29, 1.82) is 0 Å². The Balaban J connectivity index is 1.82. The third-order valence-corrected chi connectivity index (χ3v) is 3.29. The van der Waals surface area contributed by atoms with Gasteiger partial charge >= 0.3 is 0 Å². The molecule has 3 aromatic rings. The topological polar surface area (TPSA) is 71.3 Å². The largest absolute Gasteiger partial charge is 0.459 e. The minimum absolute atomic E-state index is 0.0645. The molecule has 0 fully saturated rings. The highest BCUT2D eigenvalue weighted by molar-refractivity contribution is 6.11. The third-order valence-electron chi connectivity index (χ3n) is 3.29. The molecular formula is C18H13FN2O3. The summed E-state index contributed by atoms with van der Waals surface area (Å²) < 4.78 is 18.7. The van der Waals surface area contributed by atoms with Crippen LogP contribution in [0.2, 0.25) is 0 Å². The van der Waals surface area contributed by atoms with Gasteiger partial charge in [-0.2, -0.15) is 0 Å². The molecule has 6 heteroatoms. The van der Waals surface area contributed by atoms with E-state index in [0.29, 0.717) is 5.69 Å². The summed E-state index contributed by atoms with van der Waals surface area (Å²) in [6.07, 6.45) is 1.38. The number of carbonyl (C=O) groups excluding carboxylic acids is 2. The van der Waals surface area contributed by atoms with Crippen LogP contribution in [-0.4, -0.2) is 11.8 Å². The van der Waals surface area contributed by atoms with Crippen molar-refractivity contribution >= 4 is 23.2 Å². The predicted octanol–water partition coefficient (Wildman–Crippen LogP) is 3.92. The van der Waals surface area contributed by atoms with Gasteiger partial charge < -0.3 is 15.1 Å². The molecule has 0 aliphatic rings. The number of rotatable bonds is 4. The van der Waals surface area contributed by atoms with E-state index >= 15 is 0 Å². The highest BCUT2D eigenvalue weighted by atomic mass is 19.1. The maximum Gasteiger partial charge on any atom is 0.291 e. The summed E-state index contributed by atoms with van der Waals surface area (Å²) in [5, 5.41) is 5.09. The van der Waals surface area contributed by atoms with Crippen molar-refractivity contribution in [2.45, 2.75) is 0 Å². The molecule has 2 aromatic carbocycles. The molecule has 0 bridgehead atoms. The number of amides is 2. The van der Waals surface area contributed by atoms with Crippen LogP contribution < -0.4 is 10.6 Å². The molecule has 0 spiro atoms. The van der Waals surface area contributed by atoms with E-state index in [0.717, 1.165) is 0 Å². The van der Waals surface area contributed by atoms with Gasteiger partial charge in [0.25, 0.3) is 11.8 Å². The molecule has 3 rings (SSSR count). The number of carbonyl (C=O) groups is 2. The second-order valence-corrected chi connectivity index (χ2v) is 4.91. The van der Waals surface area contributed by atoms with E-state index in [-0.39, 0.29) is 17.0 Å². The molecule has 120 valence electrons. The van der Waals surface area contributed by atoms with Gasteiger partial charge in [0.2, 0.25) is 0 Å². The molecule has 5 nitrogen and oxygen atoms in total. The first-order valence-electron chi connectivity index (χ1n) is 7.15. The van der Waals surface area contributed by atoms with Gasteiger partial charge in [-0.25, -0.2) is 4.39 Å². The zero-order valence-corrected chi connectivity index (χ0v) is 12.5. The van der Waals surface area contributed by atoms with Gasteiger partial charge in [0.1, 0.15) is 5.82 Å². The number of para-hydroxylation sites is 2. The number of halogens is 1. The quantitative estimate of drug-likeness (QED) is 0.764. The van der Waals surface area contributed by atoms with Gasteiger partial charge in [0.05, 0.1) is 23.2 Å². The number of hydrogen-bond acceptors (Lipinski definition) is 3. The lowest BCUT2D eigenvalue weighted by Crippen LogP contribution is -2.18. The highest BCUT2D eigenvalue weighted by Crippen LogP contribution is 2.20. The fraction of sp³-hybridized carbons (Fsp3) is 0. The molecule has 0 unspecified atom stereocenters. The lowest BCUT2D eigenvalue weighted by atomic mass is 10.1. The zero-order chi connectivity index (χ0) is 16.9. The van der Waals surface area contributed by atoms with Crippen LogP contribution in [0.5, 0.6) is 0 Å². The van der Waals surface area contributed by atoms with Crippen molar-refractivity contribution in [2.24, 2.45) is 0 Å². The van der Waals surface area contributed by atoms with Crippen LogP contribution in [-0.2, 0) is 0 Å². The SMILES string of the molecule is O=C(Nc1ccccc1C(=O)Nc1ccccc1F)c1ccco1. The number of nitrogens with one attached hydrogen (secondary N) is 2. The van der Waals surface area contributed by atoms with E-state index in [2.05, 4.69) is 10.6 Å². The summed E-state index contributed by atoms with van der Waals surface area (Å²) in [4.78, 5) is 24.5. The van der Waals surface area contributed by atoms with E-state index in [1.54, 1.807) is 30.3 Å². The predicted molar refractivity (Wildman–Crippen MR) is 87.5 cm³/mol. The molecule has 1 heterocycles. The van der Waals surface area contributed by atoms with Crippen LogP contribution in [0, 0.1) is 5.82 Å². The average Bonchev–Trinajstić information content (AvgIpc) is 3.12. The molecule has 0 saturated heterocycles. The molecule has 0 aliphatic heterocycles. The fourth-order valence-corrected chi connectivity index (χ4v) is 2.13. The molecule has 2 N–H and O–H groups in total. The summed E-state index contributed by atoms with van der Waals surface area (Å²) in [6.45, 7) is 0. The summed E-state index contributed by atoms with van der Waals surface area (Å²) in [5.41, 5.74) is 0.572. The summed E-state index contributed by atoms with van der Waals surface area (Å²) in [6, 6.07) is 15.4. The molecule has 0 atom stereocenters. The first-order chi connectivity index (χ1) is 11.6. The van der Waals surface area contributed by atoms with Gasteiger partial charge in [-0.3, -0.25) is 9.59 Å². The standard InChI is InChI=1S/C18H13FN2O3/c19-13-7-2-4-9-15(13)21-17(22)12-6-1-3-8-14(12)20-18(23)16-10-5-11-24-16/h1-11H,(H,20,23)(H,21,22). The van der Waals surface area contributed by atoms with Gasteiger partial charge in [-0.1, -0.05) is 24.3 Å². The fourth-order valence-electron chi connectivity index (χ4n) is 2.13. The Morgan fingerprint density at radius 2 is 1.46 bits per heavy atom. The number of hydrogen-bond donors (Lipinski definition) is 2. The Kier molecular flexibility index (Phi) is 4.38. The third kappa shape index (κ3) is 3.33. The van der Waals surface area contributed by atoms with Crippen LogP contribution >= 0.6 is 0 Å². The zero-order valence-electron chi connectivity index (χ0n) is 12.5. The van der Waals surface area contributed by atoms with Crippen LogP contribution in [0.15, 0.2) is 71.3 Å². The Morgan fingerprint density at radius 1 is 0.792 bits per heavy atom. The summed E-state index contributed by atoms with van der Waals surface area (Å²) >= 11 is 0. The molecule has 0 saturated carbocycles. The maximum absolute atomic E-state index is 13.7. The van der Waals surface area contributed by atoms with Gasteiger partial charge in [0, 0.05) is 0 Å². The van der Waals surface area contributed by atoms with Crippen molar-refractivity contribution in [3.63, 3.8) is 0 Å². The van der Waals surface area contributed by atoms with E-state index in [1.807, 2.05) is 0 Å². The van der Waals surface area contributed by atoms with Crippen molar-refractivity contribution in [2.75, 3.05) is 10.6 Å². The van der Waals surface area contributed by atoms with Crippen LogP contribution in [0.3, 0.4) is 0 Å². The monoisotopic (exact) mass is 324 g/mol. The van der Waals surface area contributed by atoms with Crippen molar-refractivity contribution < 1.29 is 18.4 Å². The summed E-state index contributed by atoms with van der Waals surface area (Å²) in [7, 11) is 0. The second-order valence-electron chi connectivity index (χ2n) is 4.91. The molecule has 0 aliphatic carbocycles. The Labute approximate surface area is 137 Å². The van der Waals surface area contributed by atoms with E-state index in [4.69, 9.17) is 4.42 Å².